The molecule has 0 spiro atoms. The Hall–Kier alpha value is 0.756. The van der Waals surface area contributed by atoms with Crippen LogP contribution in [0.4, 0.5) is 0 Å². The summed E-state index contributed by atoms with van der Waals surface area (Å²) in [6.07, 6.45) is 21.3. The van der Waals surface area contributed by atoms with E-state index in [0.29, 0.717) is 0 Å². The van der Waals surface area contributed by atoms with Gasteiger partial charge in [-0.1, -0.05) is 90.0 Å². The summed E-state index contributed by atoms with van der Waals surface area (Å²) in [5, 5.41) is 0. The van der Waals surface area contributed by atoms with Crippen molar-refractivity contribution in [2.24, 2.45) is 0 Å². The second kappa shape index (κ2) is 21.0. The van der Waals surface area contributed by atoms with Crippen molar-refractivity contribution in [2.75, 3.05) is 19.3 Å². The number of unbranched alkanes of at least 4 members (excludes halogenated alkanes) is 13. The number of hydrogen-bond acceptors (Lipinski definition) is 4. The molecule has 0 aromatic carbocycles. The van der Waals surface area contributed by atoms with Crippen LogP contribution in [-0.2, 0) is 14.9 Å². The van der Waals surface area contributed by atoms with E-state index in [-0.39, 0.29) is 63.8 Å². The Morgan fingerprint density at radius 2 is 1.29 bits per heavy atom. The summed E-state index contributed by atoms with van der Waals surface area (Å²) in [5.41, 5.74) is 0. The Kier molecular flexibility index (Phi) is 23.2. The minimum atomic E-state index is -4.27. The molecule has 0 saturated heterocycles. The van der Waals surface area contributed by atoms with Crippen LogP contribution >= 0.6 is 0 Å². The van der Waals surface area contributed by atoms with Gasteiger partial charge in [-0.2, -0.15) is 0 Å². The van der Waals surface area contributed by atoms with E-state index in [9.17, 15) is 17.8 Å². The van der Waals surface area contributed by atoms with Crippen LogP contribution < -0.4 is 51.4 Å². The SMILES string of the molecule is CCCCCCCCCCCCCCC/C=C/C(=O)N(C)CCS(=O)(=O)[O-].[K+]. The van der Waals surface area contributed by atoms with Crippen molar-refractivity contribution in [1.82, 2.24) is 4.90 Å². The van der Waals surface area contributed by atoms with Gasteiger partial charge < -0.3 is 9.45 Å². The Labute approximate surface area is 216 Å². The quantitative estimate of drug-likeness (QED) is 0.141. The fourth-order valence-electron chi connectivity index (χ4n) is 2.95. The molecule has 5 nitrogen and oxygen atoms in total. The van der Waals surface area contributed by atoms with Gasteiger partial charge in [0, 0.05) is 13.6 Å². The first-order valence-corrected chi connectivity index (χ1v) is 12.3. The number of likely N-dealkylation sites (N-methyl/N-ethyl adjacent to an activating group) is 1. The number of nitrogens with zero attached hydrogens (tertiary/aromatic N) is 1. The van der Waals surface area contributed by atoms with E-state index in [1.807, 2.05) is 6.08 Å². The number of carbonyl (C=O) groups is 1. The standard InChI is InChI=1S/C21H41NO4S.K/c1-3-4-5-6-7-8-9-10-11-12-13-14-15-16-17-18-21(23)22(2)19-20-27(24,25)26;/h17-18H,3-16,19-20H2,1-2H3,(H,24,25,26);/q;+1/p-1/b18-17+;. The predicted octanol–water partition coefficient (Wildman–Crippen LogP) is 2.03. The Bertz CT molecular complexity index is 495. The zero-order chi connectivity index (χ0) is 20.4. The van der Waals surface area contributed by atoms with Crippen LogP contribution in [0.5, 0.6) is 0 Å². The van der Waals surface area contributed by atoms with E-state index in [0.717, 1.165) is 12.8 Å². The molecule has 0 aromatic heterocycles. The smallest absolute Gasteiger partial charge is 0.748 e. The van der Waals surface area contributed by atoms with E-state index < -0.39 is 15.9 Å². The zero-order valence-corrected chi connectivity index (χ0v) is 22.4. The molecule has 0 saturated carbocycles. The van der Waals surface area contributed by atoms with E-state index in [2.05, 4.69) is 6.92 Å². The summed E-state index contributed by atoms with van der Waals surface area (Å²) in [6, 6.07) is 0. The maximum Gasteiger partial charge on any atom is 1.00 e. The molecule has 0 aromatic rings. The van der Waals surface area contributed by atoms with Crippen molar-refractivity contribution < 1.29 is 69.1 Å². The summed E-state index contributed by atoms with van der Waals surface area (Å²) in [6.45, 7) is 2.19. The minimum Gasteiger partial charge on any atom is -0.748 e. The number of amides is 1. The van der Waals surface area contributed by atoms with Crippen LogP contribution in [0.1, 0.15) is 96.8 Å². The Morgan fingerprint density at radius 3 is 1.71 bits per heavy atom. The maximum atomic E-state index is 11.7. The molecule has 0 unspecified atom stereocenters. The molecule has 0 aliphatic rings. The van der Waals surface area contributed by atoms with Crippen molar-refractivity contribution >= 4 is 16.0 Å². The molecule has 0 atom stereocenters. The van der Waals surface area contributed by atoms with Crippen LogP contribution in [-0.4, -0.2) is 43.1 Å². The van der Waals surface area contributed by atoms with Gasteiger partial charge in [-0.15, -0.1) is 0 Å². The molecule has 1 amide bonds. The maximum absolute atomic E-state index is 11.7. The molecular formula is C21H40KNO4S. The van der Waals surface area contributed by atoms with Crippen LogP contribution in [0.3, 0.4) is 0 Å². The van der Waals surface area contributed by atoms with E-state index in [1.165, 1.54) is 95.1 Å². The van der Waals surface area contributed by atoms with Gasteiger partial charge in [-0.25, -0.2) is 8.42 Å². The van der Waals surface area contributed by atoms with Crippen molar-refractivity contribution in [3.8, 4) is 0 Å². The number of hydrogen-bond donors (Lipinski definition) is 0. The van der Waals surface area contributed by atoms with Gasteiger partial charge in [-0.3, -0.25) is 4.79 Å². The monoisotopic (exact) mass is 441 g/mol. The van der Waals surface area contributed by atoms with Crippen LogP contribution in [0.15, 0.2) is 12.2 Å². The summed E-state index contributed by atoms with van der Waals surface area (Å²) >= 11 is 0. The topological polar surface area (TPSA) is 77.5 Å². The van der Waals surface area contributed by atoms with Crippen molar-refractivity contribution in [1.29, 1.82) is 0 Å². The number of allylic oxidation sites excluding steroid dienone is 1. The normalized spacial score (nSPS) is 11.5. The Morgan fingerprint density at radius 1 is 0.857 bits per heavy atom. The van der Waals surface area contributed by atoms with Crippen LogP contribution in [0, 0.1) is 0 Å². The molecule has 0 aliphatic carbocycles. The minimum absolute atomic E-state index is 0. The largest absolute Gasteiger partial charge is 1.00 e. The van der Waals surface area contributed by atoms with Gasteiger partial charge >= 0.3 is 51.4 Å². The van der Waals surface area contributed by atoms with Gasteiger partial charge in [0.15, 0.2) is 0 Å². The molecule has 0 N–H and O–H groups in total. The number of carbonyl (C=O) groups excluding carboxylic acids is 1. The van der Waals surface area contributed by atoms with Gasteiger partial charge in [0.2, 0.25) is 5.91 Å². The first kappa shape index (κ1) is 30.9. The molecule has 7 heteroatoms. The first-order valence-electron chi connectivity index (χ1n) is 10.7. The first-order chi connectivity index (χ1) is 12.9. The third-order valence-corrected chi connectivity index (χ3v) is 5.47. The fourth-order valence-corrected chi connectivity index (χ4v) is 3.45. The average Bonchev–Trinajstić information content (AvgIpc) is 2.62. The van der Waals surface area contributed by atoms with E-state index >= 15 is 0 Å². The summed E-state index contributed by atoms with van der Waals surface area (Å²) in [5.74, 6) is -0.796. The zero-order valence-electron chi connectivity index (χ0n) is 18.5. The second-order valence-electron chi connectivity index (χ2n) is 7.46. The van der Waals surface area contributed by atoms with Gasteiger partial charge in [-0.05, 0) is 18.9 Å². The van der Waals surface area contributed by atoms with Crippen LogP contribution in [0.2, 0.25) is 0 Å². The van der Waals surface area contributed by atoms with Gasteiger partial charge in [0.25, 0.3) is 0 Å². The molecule has 0 fully saturated rings. The van der Waals surface area contributed by atoms with Crippen molar-refractivity contribution in [3.05, 3.63) is 12.2 Å². The predicted molar refractivity (Wildman–Crippen MR) is 112 cm³/mol. The second-order valence-corrected chi connectivity index (χ2v) is 8.98. The van der Waals surface area contributed by atoms with Crippen LogP contribution in [0.25, 0.3) is 0 Å². The van der Waals surface area contributed by atoms with Gasteiger partial charge in [0.05, 0.1) is 15.9 Å². The Balaban J connectivity index is 0. The molecule has 160 valence electrons. The summed E-state index contributed by atoms with van der Waals surface area (Å²) in [4.78, 5) is 13.0. The third-order valence-electron chi connectivity index (χ3n) is 4.79. The van der Waals surface area contributed by atoms with E-state index in [1.54, 1.807) is 0 Å². The molecule has 0 bridgehead atoms. The van der Waals surface area contributed by atoms with Gasteiger partial charge in [0.1, 0.15) is 0 Å². The molecular weight excluding hydrogens is 401 g/mol. The van der Waals surface area contributed by atoms with E-state index in [4.69, 9.17) is 0 Å². The van der Waals surface area contributed by atoms with Crippen molar-refractivity contribution in [2.45, 2.75) is 96.8 Å². The third kappa shape index (κ3) is 23.0. The molecule has 28 heavy (non-hydrogen) atoms. The number of rotatable bonds is 18. The molecule has 0 heterocycles. The summed E-state index contributed by atoms with van der Waals surface area (Å²) < 4.78 is 31.7. The average molecular weight is 442 g/mol. The molecule has 0 aliphatic heterocycles. The molecule has 0 radical (unpaired) electrons. The fraction of sp³-hybridized carbons (Fsp3) is 0.857. The molecule has 0 rings (SSSR count). The van der Waals surface area contributed by atoms with Crippen molar-refractivity contribution in [3.63, 3.8) is 0 Å². The summed E-state index contributed by atoms with van der Waals surface area (Å²) in [7, 11) is -2.77.